The summed E-state index contributed by atoms with van der Waals surface area (Å²) in [6.45, 7) is 0.198. The number of benzene rings is 3. The minimum atomic E-state index is -0.627. The van der Waals surface area contributed by atoms with E-state index in [4.69, 9.17) is 55.9 Å². The maximum absolute atomic E-state index is 12.6. The largest absolute Gasteiger partial charge is 0.493 e. The molecule has 0 radical (unpaired) electrons. The average molecular weight is 648 g/mol. The topological polar surface area (TPSA) is 71.3 Å². The normalized spacial score (nSPS) is 11.0. The lowest BCUT2D eigenvalue weighted by Gasteiger charge is -2.14. The number of nitrogens with one attached hydrogen (secondary N) is 1. The molecule has 0 saturated carbocycles. The van der Waals surface area contributed by atoms with Crippen LogP contribution in [0, 0.1) is 14.9 Å². The highest BCUT2D eigenvalue weighted by atomic mass is 127. The molecule has 0 heterocycles. The Kier molecular flexibility index (Phi) is 9.34. The van der Waals surface area contributed by atoms with Crippen molar-refractivity contribution in [1.29, 1.82) is 5.26 Å². The number of hydrogen-bond acceptors (Lipinski definition) is 4. The van der Waals surface area contributed by atoms with Gasteiger partial charge in [-0.2, -0.15) is 5.26 Å². The first-order valence-electron chi connectivity index (χ1n) is 9.55. The summed E-state index contributed by atoms with van der Waals surface area (Å²) < 4.78 is 12.1. The molecule has 3 rings (SSSR count). The highest BCUT2D eigenvalue weighted by molar-refractivity contribution is 14.1. The number of rotatable bonds is 7. The van der Waals surface area contributed by atoms with Crippen molar-refractivity contribution in [1.82, 2.24) is 0 Å². The van der Waals surface area contributed by atoms with Gasteiger partial charge < -0.3 is 14.8 Å². The van der Waals surface area contributed by atoms with Crippen molar-refractivity contribution in [2.24, 2.45) is 0 Å². The van der Waals surface area contributed by atoms with Crippen molar-refractivity contribution in [3.05, 3.63) is 88.9 Å². The number of amides is 1. The van der Waals surface area contributed by atoms with Gasteiger partial charge in [-0.05, 0) is 70.6 Å². The van der Waals surface area contributed by atoms with Gasteiger partial charge in [0.2, 0.25) is 0 Å². The molecule has 0 saturated heterocycles. The Hall–Kier alpha value is -2.15. The van der Waals surface area contributed by atoms with Gasteiger partial charge >= 0.3 is 0 Å². The molecule has 0 aromatic heterocycles. The van der Waals surface area contributed by atoms with E-state index >= 15 is 0 Å². The van der Waals surface area contributed by atoms with Crippen molar-refractivity contribution in [3.63, 3.8) is 0 Å². The standard InChI is InChI=1S/C24H15Cl4IN2O3/c1-33-21-9-13(7-15(11-30)24(32)31-20-4-2-3-17(26)22(20)28)8-19(29)23(21)34-12-14-5-6-16(25)10-18(14)27/h2-10H,12H2,1H3,(H,31,32)/b15-7-. The third-order valence-electron chi connectivity index (χ3n) is 4.51. The van der Waals surface area contributed by atoms with Crippen LogP contribution in [0.4, 0.5) is 5.69 Å². The highest BCUT2D eigenvalue weighted by Gasteiger charge is 2.16. The van der Waals surface area contributed by atoms with E-state index in [1.54, 1.807) is 48.5 Å². The van der Waals surface area contributed by atoms with Crippen molar-refractivity contribution >= 4 is 86.7 Å². The van der Waals surface area contributed by atoms with Crippen LogP contribution in [0.15, 0.2) is 54.1 Å². The van der Waals surface area contributed by atoms with Crippen molar-refractivity contribution < 1.29 is 14.3 Å². The second kappa shape index (κ2) is 12.0. The molecule has 3 aromatic rings. The molecule has 10 heteroatoms. The van der Waals surface area contributed by atoms with Crippen LogP contribution in [0.1, 0.15) is 11.1 Å². The summed E-state index contributed by atoms with van der Waals surface area (Å²) in [7, 11) is 1.50. The molecule has 5 nitrogen and oxygen atoms in total. The average Bonchev–Trinajstić information content (AvgIpc) is 2.80. The highest BCUT2D eigenvalue weighted by Crippen LogP contribution is 2.36. The lowest BCUT2D eigenvalue weighted by atomic mass is 10.1. The van der Waals surface area contributed by atoms with E-state index in [0.29, 0.717) is 36.4 Å². The molecule has 0 spiro atoms. The fourth-order valence-electron chi connectivity index (χ4n) is 2.86. The van der Waals surface area contributed by atoms with Gasteiger partial charge in [0.15, 0.2) is 11.5 Å². The predicted molar refractivity (Wildman–Crippen MR) is 145 cm³/mol. The summed E-state index contributed by atoms with van der Waals surface area (Å²) in [6.07, 6.45) is 1.44. The van der Waals surface area contributed by atoms with Gasteiger partial charge in [0.25, 0.3) is 5.91 Å². The zero-order chi connectivity index (χ0) is 24.8. The number of carbonyl (C=O) groups is 1. The van der Waals surface area contributed by atoms with Crippen LogP contribution in [-0.2, 0) is 11.4 Å². The number of carbonyl (C=O) groups excluding carboxylic acids is 1. The third-order valence-corrected chi connectivity index (χ3v) is 6.72. The first-order valence-corrected chi connectivity index (χ1v) is 12.1. The summed E-state index contributed by atoms with van der Waals surface area (Å²) in [5.74, 6) is 0.303. The van der Waals surface area contributed by atoms with E-state index in [0.717, 1.165) is 5.56 Å². The van der Waals surface area contributed by atoms with Gasteiger partial charge in [0, 0.05) is 15.6 Å². The second-order valence-electron chi connectivity index (χ2n) is 6.78. The monoisotopic (exact) mass is 646 g/mol. The number of nitrogens with zero attached hydrogens (tertiary/aromatic N) is 1. The van der Waals surface area contributed by atoms with E-state index in [-0.39, 0.29) is 22.2 Å². The number of anilines is 1. The fraction of sp³-hybridized carbons (Fsp3) is 0.0833. The molecule has 0 bridgehead atoms. The zero-order valence-corrected chi connectivity index (χ0v) is 22.6. The predicted octanol–water partition coefficient (Wildman–Crippen LogP) is 8.04. The fourth-order valence-corrected chi connectivity index (χ4v) is 4.45. The minimum absolute atomic E-state index is 0.129. The number of ether oxygens (including phenoxy) is 2. The Morgan fingerprint density at radius 3 is 2.56 bits per heavy atom. The number of nitriles is 1. The van der Waals surface area contributed by atoms with Gasteiger partial charge in [0.1, 0.15) is 18.2 Å². The van der Waals surface area contributed by atoms with Gasteiger partial charge in [-0.1, -0.05) is 58.5 Å². The molecule has 1 amide bonds. The smallest absolute Gasteiger partial charge is 0.266 e. The van der Waals surface area contributed by atoms with Crippen LogP contribution < -0.4 is 14.8 Å². The quantitative estimate of drug-likeness (QED) is 0.160. The molecular formula is C24H15Cl4IN2O3. The van der Waals surface area contributed by atoms with Gasteiger partial charge in [0.05, 0.1) is 26.4 Å². The third kappa shape index (κ3) is 6.49. The Bertz CT molecular complexity index is 1320. The number of methoxy groups -OCH3 is 1. The summed E-state index contributed by atoms with van der Waals surface area (Å²) in [5.41, 5.74) is 1.51. The molecule has 34 heavy (non-hydrogen) atoms. The van der Waals surface area contributed by atoms with Crippen LogP contribution in [0.2, 0.25) is 20.1 Å². The number of hydrogen-bond donors (Lipinski definition) is 1. The minimum Gasteiger partial charge on any atom is -0.493 e. The van der Waals surface area contributed by atoms with Crippen molar-refractivity contribution in [3.8, 4) is 17.6 Å². The second-order valence-corrected chi connectivity index (χ2v) is 9.57. The Morgan fingerprint density at radius 1 is 1.12 bits per heavy atom. The molecule has 0 aliphatic carbocycles. The van der Waals surface area contributed by atoms with Crippen LogP contribution in [0.5, 0.6) is 11.5 Å². The van der Waals surface area contributed by atoms with E-state index < -0.39 is 5.91 Å². The first kappa shape index (κ1) is 26.5. The van der Waals surface area contributed by atoms with E-state index in [1.165, 1.54) is 13.2 Å². The Balaban J connectivity index is 1.84. The first-order chi connectivity index (χ1) is 16.2. The number of halogens is 5. The summed E-state index contributed by atoms with van der Waals surface area (Å²) in [4.78, 5) is 12.6. The SMILES string of the molecule is COc1cc(/C=C(/C#N)C(=O)Nc2cccc(Cl)c2Cl)cc(I)c1OCc1ccc(Cl)cc1Cl. The van der Waals surface area contributed by atoms with Gasteiger partial charge in [-0.3, -0.25) is 4.79 Å². The van der Waals surface area contributed by atoms with Crippen LogP contribution in [0.3, 0.4) is 0 Å². The van der Waals surface area contributed by atoms with Gasteiger partial charge in [-0.15, -0.1) is 0 Å². The molecule has 1 N–H and O–H groups in total. The molecule has 174 valence electrons. The zero-order valence-electron chi connectivity index (χ0n) is 17.5. The molecule has 0 atom stereocenters. The van der Waals surface area contributed by atoms with Crippen molar-refractivity contribution in [2.75, 3.05) is 12.4 Å². The molecule has 3 aromatic carbocycles. The lowest BCUT2D eigenvalue weighted by molar-refractivity contribution is -0.112. The van der Waals surface area contributed by atoms with Crippen LogP contribution in [-0.4, -0.2) is 13.0 Å². The van der Waals surface area contributed by atoms with E-state index in [2.05, 4.69) is 27.9 Å². The molecule has 0 aliphatic heterocycles. The van der Waals surface area contributed by atoms with Crippen molar-refractivity contribution in [2.45, 2.75) is 6.61 Å². The maximum Gasteiger partial charge on any atom is 0.266 e. The maximum atomic E-state index is 12.6. The van der Waals surface area contributed by atoms with Gasteiger partial charge in [-0.25, -0.2) is 0 Å². The lowest BCUT2D eigenvalue weighted by Crippen LogP contribution is -2.13. The summed E-state index contributed by atoms with van der Waals surface area (Å²) in [5, 5.41) is 13.6. The van der Waals surface area contributed by atoms with Crippen LogP contribution >= 0.6 is 69.0 Å². The Morgan fingerprint density at radius 2 is 1.88 bits per heavy atom. The molecule has 0 unspecified atom stereocenters. The van der Waals surface area contributed by atoms with E-state index in [9.17, 15) is 10.1 Å². The molecule has 0 fully saturated rings. The Labute approximate surface area is 230 Å². The molecular weight excluding hydrogens is 633 g/mol. The molecule has 0 aliphatic rings. The van der Waals surface area contributed by atoms with E-state index in [1.807, 2.05) is 6.07 Å². The summed E-state index contributed by atoms with van der Waals surface area (Å²) >= 11 is 26.4. The summed E-state index contributed by atoms with van der Waals surface area (Å²) in [6, 6.07) is 15.3. The van der Waals surface area contributed by atoms with Crippen LogP contribution in [0.25, 0.3) is 6.08 Å².